The van der Waals surface area contributed by atoms with Crippen LogP contribution in [0.1, 0.15) is 97.1 Å². The SMILES string of the molecule is COc1ccc(C(=O)NCc2cccc(C(=O)Nc3ccc4c(c3)CC(N3CCOCC3)C4)c2)cc1OC.COc1ccc(C(=O)NCc2cccc(C(=O)O)c2)cc1OC.Nc1ccc2c(c1)CC(N1CCOCC1)C2.O=C1Cc2ccc([N+](=O)[O-])cc2C1.O=[N+]([O-])c1ccc2c(c1)CC(N1CCOCC1)C2.[3H][B][3H].[U]. The van der Waals surface area contributed by atoms with Gasteiger partial charge in [-0.1, -0.05) is 48.5 Å². The van der Waals surface area contributed by atoms with Crippen molar-refractivity contribution in [3.05, 3.63) is 256 Å². The Morgan fingerprint density at radius 3 is 1.32 bits per heavy atom. The number of ether oxygens (including phenoxy) is 7. The number of hydrogen-bond donors (Lipinski definition) is 5. The summed E-state index contributed by atoms with van der Waals surface area (Å²) < 4.78 is 48.5. The van der Waals surface area contributed by atoms with Gasteiger partial charge in [0.25, 0.3) is 29.1 Å². The first-order valence-corrected chi connectivity index (χ1v) is 36.0. The molecule has 3 atom stereocenters. The second-order valence-corrected chi connectivity index (χ2v) is 27.1. The number of morpholine rings is 3. The number of rotatable bonds is 18. The predicted octanol–water partition coefficient (Wildman–Crippen LogP) is 8.83. The van der Waals surface area contributed by atoms with Crippen molar-refractivity contribution < 1.29 is 103 Å². The number of fused-ring (bicyclic) bond motifs is 4. The molecule has 3 amide bonds. The van der Waals surface area contributed by atoms with Crippen LogP contribution in [0.2, 0.25) is 0 Å². The number of methoxy groups -OCH3 is 4. The topological polar surface area (TPSA) is 328 Å². The van der Waals surface area contributed by atoms with Gasteiger partial charge >= 0.3 is 5.97 Å². The summed E-state index contributed by atoms with van der Waals surface area (Å²) >= 11 is 0. The van der Waals surface area contributed by atoms with Crippen LogP contribution in [0.15, 0.2) is 158 Å². The van der Waals surface area contributed by atoms with Gasteiger partial charge in [0.15, 0.2) is 23.0 Å². The van der Waals surface area contributed by atoms with Gasteiger partial charge in [0.1, 0.15) is 5.78 Å². The van der Waals surface area contributed by atoms with Gasteiger partial charge in [-0.05, 0) is 182 Å². The van der Waals surface area contributed by atoms with E-state index in [1.165, 1.54) is 79.8 Å². The normalized spacial score (nSPS) is 17.4. The van der Waals surface area contributed by atoms with Crippen LogP contribution in [0.4, 0.5) is 22.7 Å². The number of carbonyl (C=O) groups excluding carboxylic acids is 4. The third-order valence-corrected chi connectivity index (χ3v) is 20.3. The van der Waals surface area contributed by atoms with E-state index in [0.29, 0.717) is 84.6 Å². The number of benzene rings is 8. The Hall–Kier alpha value is -10.0. The molecule has 3 fully saturated rings. The number of amides is 3. The maximum Gasteiger partial charge on any atom is 0.335 e. The summed E-state index contributed by atoms with van der Waals surface area (Å²) in [6.45, 7) is 11.5. The molecule has 110 heavy (non-hydrogen) atoms. The molecule has 1 radical (unpaired) electrons. The summed E-state index contributed by atoms with van der Waals surface area (Å²) in [6.07, 6.45) is 7.07. The second-order valence-electron chi connectivity index (χ2n) is 27.1. The molecule has 0 bridgehead atoms. The standard InChI is InChI=1S/C30H33N3O5.C17H17NO5.C13H16N2O3.C13H18N2O.C9H7NO3.BH2.U/c1-36-27-9-7-23(18-28(27)37-2)29(34)31-19-20-4-3-5-22(14-20)30(35)32-25-8-6-21-16-26(17-24(21)15-25)33-10-12-38-13-11-33;1-22-14-7-6-12(9-15(14)23-2)16(19)18-10-11-4-3-5-13(8-11)17(20)21;16-15(17)12-2-1-10-7-13(9-11(10)8-12)14-3-5-18-6-4-14;14-12-2-1-10-8-13(9-11(10)7-12)15-3-5-16-6-4-15;11-9-4-6-1-2-8(10(12)13)3-7(6)5-9;;/h3-9,14-15,18,26H,10-13,16-17,19H2,1-2H3,(H,31,34)(H,32,35);3-9H,10H2,1-2H3,(H,18,19)(H,20,21);1-2,8,13H,3-7,9H2;1-2,7,13H,3-6,8-9,14H2;1-3H,4-5H2;1H2;/i;;;;;1T2;. The zero-order valence-corrected chi connectivity index (χ0v) is 66.3. The maximum absolute atomic E-state index is 13.0. The molecule has 3 aliphatic heterocycles. The number of anilines is 2. The number of nitro groups is 2. The van der Waals surface area contributed by atoms with Crippen molar-refractivity contribution in [1.29, 1.82) is 2.67 Å². The summed E-state index contributed by atoms with van der Waals surface area (Å²) in [5, 5.41) is 38.8. The predicted molar refractivity (Wildman–Crippen MR) is 414 cm³/mol. The van der Waals surface area contributed by atoms with Gasteiger partial charge in [-0.25, -0.2) is 4.79 Å². The van der Waals surface area contributed by atoms with Crippen molar-refractivity contribution in [2.75, 3.05) is 118 Å². The fraction of sp³-hybridized carbons (Fsp3) is 0.354. The first-order chi connectivity index (χ1) is 53.7. The Morgan fingerprint density at radius 1 is 0.482 bits per heavy atom. The minimum Gasteiger partial charge on any atom is -0.493 e. The molecule has 575 valence electrons. The molecule has 0 saturated carbocycles. The quantitative estimate of drug-likeness (QED) is 0.0232. The number of carboxylic acid groups (broad SMARTS) is 1. The number of nitro benzene ring substituents is 2. The number of nitrogen functional groups attached to an aromatic ring is 1. The first-order valence-electron chi connectivity index (χ1n) is 37.2. The number of carboxylic acids is 1. The van der Waals surface area contributed by atoms with Crippen molar-refractivity contribution in [3.8, 4) is 23.0 Å². The minimum atomic E-state index is -1.00. The van der Waals surface area contributed by atoms with Gasteiger partial charge in [-0.2, -0.15) is 0 Å². The van der Waals surface area contributed by atoms with E-state index in [1.807, 2.05) is 30.3 Å². The Kier molecular flexibility index (Phi) is 29.9. The van der Waals surface area contributed by atoms with Crippen LogP contribution >= 0.6 is 0 Å². The summed E-state index contributed by atoms with van der Waals surface area (Å²) in [7, 11) is 6.60. The van der Waals surface area contributed by atoms with Crippen LogP contribution in [-0.4, -0.2) is 196 Å². The molecule has 8 aromatic rings. The van der Waals surface area contributed by atoms with Crippen LogP contribution in [0.25, 0.3) is 0 Å². The minimum absolute atomic E-state index is 0. The van der Waals surface area contributed by atoms with Crippen molar-refractivity contribution >= 4 is 60.6 Å². The van der Waals surface area contributed by atoms with Crippen molar-refractivity contribution in [2.45, 2.75) is 82.6 Å². The average molecular weight is 1730 g/mol. The number of nitrogens with zero attached hydrogens (tertiary/aromatic N) is 5. The zero-order chi connectivity index (χ0) is 78.9. The number of nitrogens with two attached hydrogens (primary N) is 1. The maximum atomic E-state index is 13.0. The van der Waals surface area contributed by atoms with Crippen LogP contribution in [0.3, 0.4) is 0 Å². The Bertz CT molecular complexity index is 4600. The third-order valence-electron chi connectivity index (χ3n) is 20.3. The average Bonchev–Trinajstić information content (AvgIpc) is 1.67. The number of aromatic carboxylic acids is 1. The Balaban J connectivity index is 0.000000168. The van der Waals surface area contributed by atoms with Gasteiger partial charge in [-0.15, -0.1) is 0 Å². The van der Waals surface area contributed by atoms with Gasteiger partial charge in [-0.3, -0.25) is 54.1 Å². The molecule has 6 N–H and O–H groups in total. The fourth-order valence-electron chi connectivity index (χ4n) is 14.5. The summed E-state index contributed by atoms with van der Waals surface area (Å²) in [5.41, 5.74) is 20.6. The molecule has 0 spiro atoms. The van der Waals surface area contributed by atoms with E-state index in [-0.39, 0.29) is 89.6 Å². The van der Waals surface area contributed by atoms with Crippen molar-refractivity contribution in [1.82, 2.24) is 25.3 Å². The van der Waals surface area contributed by atoms with Crippen LogP contribution in [-0.2, 0) is 83.5 Å². The number of ketones is 1. The zero-order valence-electron chi connectivity index (χ0n) is 64.2. The van der Waals surface area contributed by atoms with E-state index >= 15 is 0 Å². The third kappa shape index (κ3) is 22.6. The van der Waals surface area contributed by atoms with E-state index in [9.17, 15) is 44.2 Å². The molecule has 4 aliphatic carbocycles. The van der Waals surface area contributed by atoms with Gasteiger partial charge < -0.3 is 59.9 Å². The molecular weight excluding hydrogens is 1630 g/mol. The molecule has 28 heteroatoms. The molecule has 3 heterocycles. The largest absolute Gasteiger partial charge is 0.493 e. The number of Topliss-reactive ketones (excluding diaryl/α,β-unsaturated/α-hetero) is 1. The van der Waals surface area contributed by atoms with Crippen LogP contribution in [0.5, 0.6) is 23.0 Å². The second kappa shape index (κ2) is 40.6. The van der Waals surface area contributed by atoms with E-state index in [0.717, 1.165) is 145 Å². The van der Waals surface area contributed by atoms with Crippen molar-refractivity contribution in [2.24, 2.45) is 0 Å². The van der Waals surface area contributed by atoms with E-state index in [2.05, 4.69) is 54.9 Å². The molecule has 3 unspecified atom stereocenters. The molecule has 15 rings (SSSR count). The number of nitrogens with one attached hydrogen (secondary N) is 3. The monoisotopic (exact) mass is 1730 g/mol. The van der Waals surface area contributed by atoms with Crippen LogP contribution < -0.4 is 40.6 Å². The number of carbonyl (C=O) groups is 5. The van der Waals surface area contributed by atoms with E-state index in [4.69, 9.17) is 46.7 Å². The van der Waals surface area contributed by atoms with Gasteiger partial charge in [0.05, 0.1) is 91.8 Å². The molecule has 26 nitrogen and oxygen atoms in total. The van der Waals surface area contributed by atoms with Crippen LogP contribution in [0, 0.1) is 51.3 Å². The summed E-state index contributed by atoms with van der Waals surface area (Å²) in [5.74, 6) is 0.478. The molecule has 3 saturated heterocycles. The Morgan fingerprint density at radius 2 is 0.864 bits per heavy atom. The molecule has 0 aromatic heterocycles. The first kappa shape index (κ1) is 81.0. The van der Waals surface area contributed by atoms with Crippen molar-refractivity contribution in [3.63, 3.8) is 0 Å². The number of non-ortho nitro benzene ring substituents is 2. The van der Waals surface area contributed by atoms with Gasteiger partial charge in [0, 0.05) is 167 Å². The summed E-state index contributed by atoms with van der Waals surface area (Å²) in [6, 6.07) is 47.6. The van der Waals surface area contributed by atoms with E-state index < -0.39 is 10.9 Å². The van der Waals surface area contributed by atoms with E-state index in [1.54, 1.807) is 86.0 Å². The number of hydrogen-bond acceptors (Lipinski definition) is 20. The molecule has 7 aliphatic rings. The summed E-state index contributed by atoms with van der Waals surface area (Å²) in [4.78, 5) is 87.7. The van der Waals surface area contributed by atoms with Gasteiger partial charge in [0.2, 0.25) is 0 Å². The molecular formula is C82H93BN9O17U. The Labute approximate surface area is 667 Å². The smallest absolute Gasteiger partial charge is 0.335 e. The molecule has 8 aromatic carbocycles. The fourth-order valence-corrected chi connectivity index (χ4v) is 14.5.